The van der Waals surface area contributed by atoms with Crippen LogP contribution in [0.5, 0.6) is 0 Å². The SMILES string of the molecule is C[Si]OC(O[Si]C)C(C)(C)C(C)CONC(=O)c1cc(C)c(=O)n(C)c1Nc1ccc(Br)cc1F. The Bertz CT molecular complexity index is 1090. The highest BCUT2D eigenvalue weighted by atomic mass is 79.9. The molecule has 4 radical (unpaired) electrons. The summed E-state index contributed by atoms with van der Waals surface area (Å²) in [6.07, 6.45) is -0.397. The summed E-state index contributed by atoms with van der Waals surface area (Å²) >= 11 is 3.22. The average molecular weight is 585 g/mol. The number of hydroxylamine groups is 1. The molecule has 0 spiro atoms. The topological polar surface area (TPSA) is 90.8 Å². The highest BCUT2D eigenvalue weighted by Crippen LogP contribution is 2.33. The molecule has 0 aliphatic rings. The van der Waals surface area contributed by atoms with Crippen molar-refractivity contribution in [2.24, 2.45) is 18.4 Å². The zero-order valence-electron chi connectivity index (χ0n) is 20.9. The smallest absolute Gasteiger partial charge is 0.278 e. The molecule has 1 aromatic carbocycles. The second-order valence-corrected chi connectivity index (χ2v) is 10.8. The molecule has 0 aliphatic carbocycles. The molecule has 0 bridgehead atoms. The van der Waals surface area contributed by atoms with Gasteiger partial charge in [0, 0.05) is 22.5 Å². The van der Waals surface area contributed by atoms with Crippen LogP contribution >= 0.6 is 15.9 Å². The van der Waals surface area contributed by atoms with E-state index in [-0.39, 0.29) is 60.1 Å². The third-order valence-electron chi connectivity index (χ3n) is 5.85. The second kappa shape index (κ2) is 12.9. The van der Waals surface area contributed by atoms with E-state index in [1.807, 2.05) is 33.9 Å². The minimum Gasteiger partial charge on any atom is -0.394 e. The number of amides is 1. The third-order valence-corrected chi connectivity index (χ3v) is 7.24. The lowest BCUT2D eigenvalue weighted by molar-refractivity contribution is -0.119. The monoisotopic (exact) mass is 583 g/mol. The quantitative estimate of drug-likeness (QED) is 0.219. The Kier molecular flexibility index (Phi) is 10.9. The highest BCUT2D eigenvalue weighted by molar-refractivity contribution is 9.10. The molecule has 1 unspecified atom stereocenters. The molecule has 0 saturated carbocycles. The number of hydrogen-bond acceptors (Lipinski definition) is 6. The summed E-state index contributed by atoms with van der Waals surface area (Å²) in [6, 6.07) is 5.91. The van der Waals surface area contributed by atoms with Gasteiger partial charge >= 0.3 is 0 Å². The fourth-order valence-corrected chi connectivity index (χ4v) is 4.77. The molecule has 1 atom stereocenters. The predicted molar refractivity (Wildman–Crippen MR) is 139 cm³/mol. The number of aromatic nitrogens is 1. The summed E-state index contributed by atoms with van der Waals surface area (Å²) in [7, 11) is 2.07. The molecule has 190 valence electrons. The third kappa shape index (κ3) is 7.34. The van der Waals surface area contributed by atoms with E-state index in [4.69, 9.17) is 13.7 Å². The Balaban J connectivity index is 2.20. The standard InChI is InChI=1S/C23H31BrFN3O5Si2/c1-13-10-16(19(28(5)21(13)30)26-18-9-8-15(24)11-17(18)25)20(29)27-31-12-14(2)23(3,4)22(32-34-6)33-35-7/h8-11,14,22,26H,12H2,1-7H3,(H,27,29). The Morgan fingerprint density at radius 2 is 1.86 bits per heavy atom. The number of aryl methyl sites for hydroxylation is 1. The molecule has 2 rings (SSSR count). The zero-order chi connectivity index (χ0) is 26.3. The summed E-state index contributed by atoms with van der Waals surface area (Å²) < 4.78 is 27.8. The first-order valence-corrected chi connectivity index (χ1v) is 14.5. The summed E-state index contributed by atoms with van der Waals surface area (Å²) in [6.45, 7) is 11.7. The normalized spacial score (nSPS) is 12.6. The van der Waals surface area contributed by atoms with E-state index in [2.05, 4.69) is 26.7 Å². The first kappa shape index (κ1) is 29.4. The Hall–Kier alpha value is -1.84. The maximum absolute atomic E-state index is 14.4. The summed E-state index contributed by atoms with van der Waals surface area (Å²) in [5.41, 5.74) is 2.40. The van der Waals surface area contributed by atoms with Crippen LogP contribution in [0.1, 0.15) is 36.7 Å². The lowest BCUT2D eigenvalue weighted by atomic mass is 9.80. The van der Waals surface area contributed by atoms with Crippen LogP contribution in [0.2, 0.25) is 13.1 Å². The second-order valence-electron chi connectivity index (χ2n) is 8.64. The minimum atomic E-state index is -0.567. The number of hydrogen-bond donors (Lipinski definition) is 2. The van der Waals surface area contributed by atoms with Crippen LogP contribution in [0.4, 0.5) is 15.9 Å². The number of carbonyl (C=O) groups excluding carboxylic acids is 1. The number of halogens is 2. The molecule has 2 N–H and O–H groups in total. The zero-order valence-corrected chi connectivity index (χ0v) is 24.5. The molecule has 0 fully saturated rings. The van der Waals surface area contributed by atoms with E-state index >= 15 is 0 Å². The molecular weight excluding hydrogens is 553 g/mol. The molecule has 0 saturated heterocycles. The summed E-state index contributed by atoms with van der Waals surface area (Å²) in [5, 5.41) is 2.87. The van der Waals surface area contributed by atoms with Gasteiger partial charge in [0.25, 0.3) is 11.5 Å². The average Bonchev–Trinajstić information content (AvgIpc) is 2.80. The van der Waals surface area contributed by atoms with Gasteiger partial charge in [-0.3, -0.25) is 19.0 Å². The van der Waals surface area contributed by atoms with E-state index in [0.717, 1.165) is 0 Å². The van der Waals surface area contributed by atoms with Gasteiger partial charge in [0.1, 0.15) is 17.9 Å². The van der Waals surface area contributed by atoms with Crippen LogP contribution in [-0.2, 0) is 20.7 Å². The van der Waals surface area contributed by atoms with Crippen LogP contribution in [0, 0.1) is 24.1 Å². The van der Waals surface area contributed by atoms with Gasteiger partial charge in [-0.25, -0.2) is 9.87 Å². The van der Waals surface area contributed by atoms with E-state index in [1.54, 1.807) is 13.0 Å². The van der Waals surface area contributed by atoms with Gasteiger partial charge in [-0.1, -0.05) is 36.7 Å². The fraction of sp³-hybridized carbons (Fsp3) is 0.478. The van der Waals surface area contributed by atoms with Crippen LogP contribution in [-0.4, -0.2) is 42.9 Å². The number of nitrogens with one attached hydrogen (secondary N) is 2. The number of carbonyl (C=O) groups is 1. The number of anilines is 2. The first-order valence-electron chi connectivity index (χ1n) is 10.9. The van der Waals surface area contributed by atoms with Gasteiger partial charge in [-0.15, -0.1) is 0 Å². The van der Waals surface area contributed by atoms with E-state index < -0.39 is 18.0 Å². The Morgan fingerprint density at radius 1 is 1.23 bits per heavy atom. The number of nitrogens with zero attached hydrogens (tertiary/aromatic N) is 1. The van der Waals surface area contributed by atoms with Gasteiger partial charge in [0.15, 0.2) is 0 Å². The van der Waals surface area contributed by atoms with Crippen LogP contribution in [0.25, 0.3) is 0 Å². The Morgan fingerprint density at radius 3 is 2.43 bits per heavy atom. The van der Waals surface area contributed by atoms with Crippen molar-refractivity contribution in [3.63, 3.8) is 0 Å². The van der Waals surface area contributed by atoms with Crippen molar-refractivity contribution in [1.82, 2.24) is 10.0 Å². The lowest BCUT2D eigenvalue weighted by Gasteiger charge is -2.38. The number of rotatable bonds is 12. The van der Waals surface area contributed by atoms with Crippen LogP contribution in [0.3, 0.4) is 0 Å². The van der Waals surface area contributed by atoms with Crippen LogP contribution in [0.15, 0.2) is 33.5 Å². The molecule has 1 amide bonds. The maximum Gasteiger partial charge on any atom is 0.278 e. The van der Waals surface area contributed by atoms with E-state index in [0.29, 0.717) is 10.0 Å². The lowest BCUT2D eigenvalue weighted by Crippen LogP contribution is -2.43. The minimum absolute atomic E-state index is 0.0307. The maximum atomic E-state index is 14.4. The van der Waals surface area contributed by atoms with Gasteiger partial charge in [0.05, 0.1) is 17.9 Å². The molecule has 35 heavy (non-hydrogen) atoms. The van der Waals surface area contributed by atoms with E-state index in [1.165, 1.54) is 29.8 Å². The van der Waals surface area contributed by atoms with Crippen molar-refractivity contribution in [2.75, 3.05) is 11.9 Å². The molecule has 8 nitrogen and oxygen atoms in total. The number of pyridine rings is 1. The number of benzene rings is 1. The molecule has 2 aromatic rings. The van der Waals surface area contributed by atoms with Crippen molar-refractivity contribution in [3.8, 4) is 0 Å². The van der Waals surface area contributed by atoms with Crippen molar-refractivity contribution in [3.05, 3.63) is 56.0 Å². The highest BCUT2D eigenvalue weighted by Gasteiger charge is 2.36. The van der Waals surface area contributed by atoms with Gasteiger partial charge in [-0.05, 0) is 50.2 Å². The van der Waals surface area contributed by atoms with Crippen molar-refractivity contribution in [2.45, 2.75) is 47.1 Å². The van der Waals surface area contributed by atoms with Gasteiger partial charge in [0.2, 0.25) is 19.5 Å². The Labute approximate surface area is 218 Å². The van der Waals surface area contributed by atoms with Crippen LogP contribution < -0.4 is 16.4 Å². The summed E-state index contributed by atoms with van der Waals surface area (Å²) in [4.78, 5) is 31.1. The van der Waals surface area contributed by atoms with E-state index in [9.17, 15) is 14.0 Å². The molecule has 1 heterocycles. The molecule has 0 aliphatic heterocycles. The predicted octanol–water partition coefficient (Wildman–Crippen LogP) is 4.36. The molecule has 12 heteroatoms. The fourth-order valence-electron chi connectivity index (χ4n) is 3.21. The van der Waals surface area contributed by atoms with Crippen molar-refractivity contribution >= 4 is 52.9 Å². The molecule has 1 aromatic heterocycles. The first-order chi connectivity index (χ1) is 16.4. The van der Waals surface area contributed by atoms with Gasteiger partial charge in [-0.2, -0.15) is 0 Å². The van der Waals surface area contributed by atoms with Crippen molar-refractivity contribution in [1.29, 1.82) is 0 Å². The van der Waals surface area contributed by atoms with Gasteiger partial charge < -0.3 is 14.2 Å². The summed E-state index contributed by atoms with van der Waals surface area (Å²) in [5.74, 6) is -0.990. The molecular formula is C23H31BrFN3O5Si2. The largest absolute Gasteiger partial charge is 0.394 e. The van der Waals surface area contributed by atoms with Crippen molar-refractivity contribution < 1.29 is 22.9 Å².